The van der Waals surface area contributed by atoms with E-state index in [1.165, 1.54) is 17.7 Å². The third-order valence-corrected chi connectivity index (χ3v) is 4.11. The first-order chi connectivity index (χ1) is 9.17. The van der Waals surface area contributed by atoms with Crippen LogP contribution in [0.15, 0.2) is 54.6 Å². The van der Waals surface area contributed by atoms with Gasteiger partial charge in [-0.25, -0.2) is 4.39 Å². The van der Waals surface area contributed by atoms with Crippen LogP contribution < -0.4 is 5.73 Å². The molecule has 2 N–H and O–H groups in total. The molecule has 20 heavy (non-hydrogen) atoms. The van der Waals surface area contributed by atoms with E-state index in [4.69, 9.17) is 5.73 Å². The van der Waals surface area contributed by atoms with Gasteiger partial charge in [0.25, 0.3) is 0 Å². The van der Waals surface area contributed by atoms with Gasteiger partial charge in [0, 0.05) is 11.5 Å². The first-order valence-electron chi connectivity index (χ1n) is 6.76. The Balaban J connectivity index is 0.00000147. The van der Waals surface area contributed by atoms with E-state index < -0.39 is 0 Å². The summed E-state index contributed by atoms with van der Waals surface area (Å²) in [6.07, 6.45) is 3.00. The second kappa shape index (κ2) is 5.94. The van der Waals surface area contributed by atoms with E-state index in [1.54, 1.807) is 0 Å². The molecular weight excluding hydrogens is 273 g/mol. The minimum absolute atomic E-state index is 0. The molecule has 3 heteroatoms. The Morgan fingerprint density at radius 2 is 1.70 bits per heavy atom. The van der Waals surface area contributed by atoms with Crippen molar-refractivity contribution in [2.45, 2.75) is 30.7 Å². The van der Waals surface area contributed by atoms with Crippen LogP contribution in [-0.2, 0) is 6.42 Å². The van der Waals surface area contributed by atoms with Gasteiger partial charge in [0.15, 0.2) is 0 Å². The molecule has 1 aliphatic rings. The zero-order chi connectivity index (χ0) is 13.3. The van der Waals surface area contributed by atoms with E-state index in [0.717, 1.165) is 24.8 Å². The normalized spacial score (nSPS) is 24.0. The second-order valence-corrected chi connectivity index (χ2v) is 5.53. The van der Waals surface area contributed by atoms with Crippen LogP contribution in [0.1, 0.15) is 29.9 Å². The van der Waals surface area contributed by atoms with Crippen molar-refractivity contribution in [3.8, 4) is 0 Å². The Kier molecular flexibility index (Phi) is 4.46. The molecule has 0 radical (unpaired) electrons. The highest BCUT2D eigenvalue weighted by molar-refractivity contribution is 5.85. The maximum absolute atomic E-state index is 12.9. The quantitative estimate of drug-likeness (QED) is 0.903. The van der Waals surface area contributed by atoms with Gasteiger partial charge in [-0.3, -0.25) is 0 Å². The molecule has 1 nitrogen and oxygen atoms in total. The number of benzene rings is 2. The van der Waals surface area contributed by atoms with Crippen LogP contribution in [0.2, 0.25) is 0 Å². The molecule has 2 aromatic rings. The molecular formula is C17H19ClFN. The molecule has 2 unspecified atom stereocenters. The first-order valence-corrected chi connectivity index (χ1v) is 6.76. The number of hydrogen-bond acceptors (Lipinski definition) is 1. The van der Waals surface area contributed by atoms with E-state index in [1.807, 2.05) is 18.2 Å². The fourth-order valence-corrected chi connectivity index (χ4v) is 2.76. The van der Waals surface area contributed by atoms with Crippen molar-refractivity contribution in [1.29, 1.82) is 0 Å². The summed E-state index contributed by atoms with van der Waals surface area (Å²) in [5, 5.41) is 0. The van der Waals surface area contributed by atoms with Gasteiger partial charge in [-0.1, -0.05) is 42.5 Å². The van der Waals surface area contributed by atoms with Crippen LogP contribution >= 0.6 is 12.4 Å². The Labute approximate surface area is 125 Å². The van der Waals surface area contributed by atoms with Crippen LogP contribution in [0, 0.1) is 5.82 Å². The minimum atomic E-state index is -0.184. The summed E-state index contributed by atoms with van der Waals surface area (Å²) in [5.41, 5.74) is 8.81. The highest BCUT2D eigenvalue weighted by atomic mass is 35.5. The first kappa shape index (κ1) is 15.0. The van der Waals surface area contributed by atoms with Crippen molar-refractivity contribution in [3.63, 3.8) is 0 Å². The summed E-state index contributed by atoms with van der Waals surface area (Å²) in [6, 6.07) is 17.2. The standard InChI is InChI=1S/C17H18FN.ClH/c18-15-8-6-14(7-9-15)16-12-17(16,19)11-10-13-4-2-1-3-5-13;/h1-9,16H,10-12,19H2;1H. The van der Waals surface area contributed by atoms with E-state index in [0.29, 0.717) is 5.92 Å². The zero-order valence-electron chi connectivity index (χ0n) is 11.3. The summed E-state index contributed by atoms with van der Waals surface area (Å²) in [7, 11) is 0. The van der Waals surface area contributed by atoms with Crippen LogP contribution in [0.5, 0.6) is 0 Å². The molecule has 0 amide bonds. The van der Waals surface area contributed by atoms with Gasteiger partial charge in [-0.2, -0.15) is 0 Å². The lowest BCUT2D eigenvalue weighted by molar-refractivity contribution is 0.587. The molecule has 1 saturated carbocycles. The number of rotatable bonds is 4. The monoisotopic (exact) mass is 291 g/mol. The summed E-state index contributed by atoms with van der Waals surface area (Å²) in [4.78, 5) is 0. The summed E-state index contributed by atoms with van der Waals surface area (Å²) in [6.45, 7) is 0. The van der Waals surface area contributed by atoms with E-state index in [9.17, 15) is 4.39 Å². The van der Waals surface area contributed by atoms with Gasteiger partial charge < -0.3 is 5.73 Å². The Hall–Kier alpha value is -1.38. The van der Waals surface area contributed by atoms with Crippen molar-refractivity contribution < 1.29 is 4.39 Å². The number of hydrogen-bond donors (Lipinski definition) is 1. The molecule has 0 aromatic heterocycles. The Morgan fingerprint density at radius 3 is 2.35 bits per heavy atom. The Bertz CT molecular complexity index is 555. The van der Waals surface area contributed by atoms with E-state index >= 15 is 0 Å². The molecule has 3 rings (SSSR count). The van der Waals surface area contributed by atoms with Crippen LogP contribution in [0.3, 0.4) is 0 Å². The molecule has 0 aliphatic heterocycles. The SMILES string of the molecule is Cl.NC1(CCc2ccccc2)CC1c1ccc(F)cc1. The number of aryl methyl sites for hydroxylation is 1. The maximum Gasteiger partial charge on any atom is 0.123 e. The Morgan fingerprint density at radius 1 is 1.05 bits per heavy atom. The van der Waals surface area contributed by atoms with Crippen molar-refractivity contribution >= 4 is 12.4 Å². The average Bonchev–Trinajstić information content (AvgIpc) is 3.11. The van der Waals surface area contributed by atoms with Crippen LogP contribution in [0.4, 0.5) is 4.39 Å². The number of halogens is 2. The summed E-state index contributed by atoms with van der Waals surface area (Å²) >= 11 is 0. The largest absolute Gasteiger partial charge is 0.325 e. The highest BCUT2D eigenvalue weighted by Crippen LogP contribution is 2.52. The molecule has 106 valence electrons. The zero-order valence-corrected chi connectivity index (χ0v) is 12.1. The average molecular weight is 292 g/mol. The lowest BCUT2D eigenvalue weighted by Crippen LogP contribution is -2.25. The van der Waals surface area contributed by atoms with Gasteiger partial charge in [0.2, 0.25) is 0 Å². The summed E-state index contributed by atoms with van der Waals surface area (Å²) in [5.74, 6) is 0.202. The highest BCUT2D eigenvalue weighted by Gasteiger charge is 2.50. The summed E-state index contributed by atoms with van der Waals surface area (Å²) < 4.78 is 12.9. The topological polar surface area (TPSA) is 26.0 Å². The van der Waals surface area contributed by atoms with E-state index in [2.05, 4.69) is 24.3 Å². The smallest absolute Gasteiger partial charge is 0.123 e. The van der Waals surface area contributed by atoms with Crippen molar-refractivity contribution in [2.24, 2.45) is 5.73 Å². The predicted molar refractivity (Wildman–Crippen MR) is 82.7 cm³/mol. The molecule has 1 aliphatic carbocycles. The molecule has 0 spiro atoms. The van der Waals surface area contributed by atoms with Crippen molar-refractivity contribution in [1.82, 2.24) is 0 Å². The fourth-order valence-electron chi connectivity index (χ4n) is 2.76. The van der Waals surface area contributed by atoms with Gasteiger partial charge >= 0.3 is 0 Å². The molecule has 2 atom stereocenters. The lowest BCUT2D eigenvalue weighted by atomic mass is 9.99. The lowest BCUT2D eigenvalue weighted by Gasteiger charge is -2.11. The van der Waals surface area contributed by atoms with Crippen LogP contribution in [-0.4, -0.2) is 5.54 Å². The maximum atomic E-state index is 12.9. The minimum Gasteiger partial charge on any atom is -0.325 e. The van der Waals surface area contributed by atoms with E-state index in [-0.39, 0.29) is 23.8 Å². The molecule has 0 heterocycles. The van der Waals surface area contributed by atoms with Gasteiger partial charge in [-0.05, 0) is 42.5 Å². The predicted octanol–water partition coefficient (Wildman–Crippen LogP) is 4.07. The molecule has 1 fully saturated rings. The fraction of sp³-hybridized carbons (Fsp3) is 0.294. The van der Waals surface area contributed by atoms with Gasteiger partial charge in [0.05, 0.1) is 0 Å². The van der Waals surface area contributed by atoms with Crippen LogP contribution in [0.25, 0.3) is 0 Å². The third-order valence-electron chi connectivity index (χ3n) is 4.11. The molecule has 0 saturated heterocycles. The molecule has 0 bridgehead atoms. The molecule has 2 aromatic carbocycles. The third kappa shape index (κ3) is 3.20. The second-order valence-electron chi connectivity index (χ2n) is 5.53. The van der Waals surface area contributed by atoms with Gasteiger partial charge in [-0.15, -0.1) is 12.4 Å². The van der Waals surface area contributed by atoms with Gasteiger partial charge in [0.1, 0.15) is 5.82 Å². The van der Waals surface area contributed by atoms with Crippen molar-refractivity contribution in [3.05, 3.63) is 71.5 Å². The van der Waals surface area contributed by atoms with Crippen molar-refractivity contribution in [2.75, 3.05) is 0 Å². The number of nitrogens with two attached hydrogens (primary N) is 1.